The molecule has 158 valence electrons. The van der Waals surface area contributed by atoms with Crippen LogP contribution in [0, 0.1) is 11.6 Å². The minimum atomic E-state index is -0.992. The lowest BCUT2D eigenvalue weighted by atomic mass is 10.1. The summed E-state index contributed by atoms with van der Waals surface area (Å²) in [5, 5.41) is 8.36. The molecule has 0 spiro atoms. The molecule has 3 heterocycles. The summed E-state index contributed by atoms with van der Waals surface area (Å²) < 4.78 is 34.6. The molecule has 0 bridgehead atoms. The van der Waals surface area contributed by atoms with Crippen LogP contribution in [0.4, 0.5) is 8.78 Å². The fourth-order valence-corrected chi connectivity index (χ4v) is 3.30. The molecule has 1 aromatic heterocycles. The van der Waals surface area contributed by atoms with E-state index in [-0.39, 0.29) is 23.7 Å². The molecular weight excluding hydrogens is 416 g/mol. The van der Waals surface area contributed by atoms with Crippen molar-refractivity contribution in [2.45, 2.75) is 13.5 Å². The number of hydrogen-bond acceptors (Lipinski definition) is 6. The van der Waals surface area contributed by atoms with E-state index in [1.807, 2.05) is 12.1 Å². The maximum atomic E-state index is 14.1. The molecule has 0 amide bonds. The van der Waals surface area contributed by atoms with Crippen LogP contribution in [0.2, 0.25) is 0 Å². The van der Waals surface area contributed by atoms with E-state index in [1.165, 1.54) is 25.3 Å². The Labute approximate surface area is 180 Å². The monoisotopic (exact) mass is 431 g/mol. The zero-order valence-electron chi connectivity index (χ0n) is 16.8. The Morgan fingerprint density at radius 2 is 1.81 bits per heavy atom. The standard InChI is InChI=1S/C23H15F2N5O2/c1-13(31)14-5-7-15(8-6-14)19-9-16(32-29-19)11-30-12-21-20(10-26-30)27-23(28-21)17-3-2-4-18(24)22(17)25/h2-10,12H,11H2,1H3. The predicted octanol–water partition coefficient (Wildman–Crippen LogP) is 4.63. The highest BCUT2D eigenvalue weighted by Gasteiger charge is 2.18. The quantitative estimate of drug-likeness (QED) is 0.377. The molecule has 2 aliphatic rings. The van der Waals surface area contributed by atoms with E-state index >= 15 is 0 Å². The molecule has 0 saturated carbocycles. The summed E-state index contributed by atoms with van der Waals surface area (Å²) in [5.74, 6) is -1.30. The zero-order chi connectivity index (χ0) is 22.2. The smallest absolute Gasteiger partial charge is 0.169 e. The average Bonchev–Trinajstić information content (AvgIpc) is 3.42. The van der Waals surface area contributed by atoms with Gasteiger partial charge in [0.25, 0.3) is 0 Å². The number of halogens is 2. The van der Waals surface area contributed by atoms with Crippen LogP contribution in [-0.4, -0.2) is 30.7 Å². The normalized spacial score (nSPS) is 11.2. The maximum absolute atomic E-state index is 14.1. The van der Waals surface area contributed by atoms with Gasteiger partial charge in [0.15, 0.2) is 29.0 Å². The Balaban J connectivity index is 1.39. The van der Waals surface area contributed by atoms with E-state index in [2.05, 4.69) is 20.2 Å². The molecule has 0 saturated heterocycles. The third kappa shape index (κ3) is 3.64. The largest absolute Gasteiger partial charge is 0.359 e. The van der Waals surface area contributed by atoms with E-state index in [9.17, 15) is 13.6 Å². The Hall–Kier alpha value is -4.27. The minimum Gasteiger partial charge on any atom is -0.359 e. The molecule has 3 aromatic rings. The van der Waals surface area contributed by atoms with Crippen LogP contribution in [0.5, 0.6) is 0 Å². The highest BCUT2D eigenvalue weighted by atomic mass is 19.2. The first-order chi connectivity index (χ1) is 15.5. The molecule has 9 heteroatoms. The van der Waals surface area contributed by atoms with Crippen molar-refractivity contribution >= 4 is 5.78 Å². The first kappa shape index (κ1) is 19.7. The highest BCUT2D eigenvalue weighted by molar-refractivity contribution is 5.94. The van der Waals surface area contributed by atoms with Gasteiger partial charge in [-0.1, -0.05) is 35.5 Å². The topological polar surface area (TPSA) is 86.7 Å². The second-order valence-corrected chi connectivity index (χ2v) is 7.20. The summed E-state index contributed by atoms with van der Waals surface area (Å²) in [6.07, 6.45) is 3.15. The van der Waals surface area contributed by atoms with Crippen molar-refractivity contribution in [3.63, 3.8) is 0 Å². The molecule has 0 aliphatic carbocycles. The van der Waals surface area contributed by atoms with Crippen molar-refractivity contribution in [2.24, 2.45) is 0 Å². The van der Waals surface area contributed by atoms with Gasteiger partial charge in [-0.3, -0.25) is 9.48 Å². The number of ketones is 1. The molecule has 7 nitrogen and oxygen atoms in total. The van der Waals surface area contributed by atoms with Gasteiger partial charge >= 0.3 is 0 Å². The summed E-state index contributed by atoms with van der Waals surface area (Å²) >= 11 is 0. The Bertz CT molecular complexity index is 1410. The van der Waals surface area contributed by atoms with E-state index in [0.717, 1.165) is 11.6 Å². The van der Waals surface area contributed by atoms with Crippen molar-refractivity contribution in [2.75, 3.05) is 0 Å². The highest BCUT2D eigenvalue weighted by Crippen LogP contribution is 2.27. The summed E-state index contributed by atoms with van der Waals surface area (Å²) in [7, 11) is 0. The number of hydrogen-bond donors (Lipinski definition) is 0. The number of fused-ring (bicyclic) bond motifs is 1. The van der Waals surface area contributed by atoms with Crippen molar-refractivity contribution in [3.05, 3.63) is 83.9 Å². The van der Waals surface area contributed by atoms with Gasteiger partial charge in [-0.2, -0.15) is 5.10 Å². The van der Waals surface area contributed by atoms with Crippen LogP contribution in [0.3, 0.4) is 0 Å². The third-order valence-corrected chi connectivity index (χ3v) is 4.97. The molecule has 0 atom stereocenters. The van der Waals surface area contributed by atoms with Crippen LogP contribution in [0.1, 0.15) is 23.0 Å². The van der Waals surface area contributed by atoms with E-state index < -0.39 is 11.6 Å². The van der Waals surface area contributed by atoms with Crippen LogP contribution >= 0.6 is 0 Å². The second kappa shape index (κ2) is 7.77. The minimum absolute atomic E-state index is 0.00540. The van der Waals surface area contributed by atoms with Crippen LogP contribution in [-0.2, 0) is 6.54 Å². The van der Waals surface area contributed by atoms with Gasteiger partial charge in [0.05, 0.1) is 18.0 Å². The van der Waals surface area contributed by atoms with Crippen LogP contribution in [0.25, 0.3) is 34.0 Å². The van der Waals surface area contributed by atoms with Gasteiger partial charge < -0.3 is 4.52 Å². The Kier molecular flexibility index (Phi) is 4.78. The van der Waals surface area contributed by atoms with Crippen molar-refractivity contribution in [3.8, 4) is 34.0 Å². The molecular formula is C23H15F2N5O2. The number of carbonyl (C=O) groups excluding carboxylic acids is 1. The van der Waals surface area contributed by atoms with Gasteiger partial charge in [0.2, 0.25) is 0 Å². The molecule has 0 unspecified atom stereocenters. The first-order valence-electron chi connectivity index (χ1n) is 9.69. The number of imidazole rings is 1. The van der Waals surface area contributed by atoms with Crippen LogP contribution in [0.15, 0.2) is 65.4 Å². The number of nitrogens with zero attached hydrogens (tertiary/aromatic N) is 5. The average molecular weight is 431 g/mol. The molecule has 32 heavy (non-hydrogen) atoms. The first-order valence-corrected chi connectivity index (χ1v) is 9.69. The van der Waals surface area contributed by atoms with Crippen molar-refractivity contribution in [1.82, 2.24) is 24.9 Å². The SMILES string of the molecule is CC(=O)c1ccc(-c2cc(Cn3cc4nc(-c5cccc(F)c5F)nc-4cn3)on2)cc1. The zero-order valence-corrected chi connectivity index (χ0v) is 16.8. The maximum Gasteiger partial charge on any atom is 0.169 e. The van der Waals surface area contributed by atoms with Gasteiger partial charge in [-0.15, -0.1) is 0 Å². The molecule has 2 aromatic carbocycles. The summed E-state index contributed by atoms with van der Waals surface area (Å²) in [4.78, 5) is 20.0. The summed E-state index contributed by atoms with van der Waals surface area (Å²) in [6, 6.07) is 12.7. The second-order valence-electron chi connectivity index (χ2n) is 7.20. The Morgan fingerprint density at radius 3 is 2.59 bits per heavy atom. The fourth-order valence-electron chi connectivity index (χ4n) is 3.30. The summed E-state index contributed by atoms with van der Waals surface area (Å²) in [5.41, 5.74) is 3.01. The van der Waals surface area contributed by atoms with Crippen molar-refractivity contribution < 1.29 is 18.1 Å². The molecule has 5 rings (SSSR count). The fraction of sp³-hybridized carbons (Fsp3) is 0.0870. The number of aromatic nitrogens is 5. The van der Waals surface area contributed by atoms with Gasteiger partial charge in [-0.25, -0.2) is 18.7 Å². The summed E-state index contributed by atoms with van der Waals surface area (Å²) in [6.45, 7) is 1.80. The number of Topliss-reactive ketones (excluding diaryl/α,β-unsaturated/α-hetero) is 1. The number of rotatable bonds is 5. The lowest BCUT2D eigenvalue weighted by molar-refractivity contribution is 0.101. The molecule has 0 N–H and O–H groups in total. The number of carbonyl (C=O) groups is 1. The van der Waals surface area contributed by atoms with Gasteiger partial charge in [0.1, 0.15) is 23.6 Å². The van der Waals surface area contributed by atoms with Crippen molar-refractivity contribution in [1.29, 1.82) is 0 Å². The Morgan fingerprint density at radius 1 is 1.03 bits per heavy atom. The van der Waals surface area contributed by atoms with Gasteiger partial charge in [0, 0.05) is 17.2 Å². The molecule has 0 radical (unpaired) electrons. The molecule has 0 fully saturated rings. The van der Waals surface area contributed by atoms with E-state index in [4.69, 9.17) is 4.52 Å². The van der Waals surface area contributed by atoms with Gasteiger partial charge in [-0.05, 0) is 19.1 Å². The van der Waals surface area contributed by atoms with E-state index in [1.54, 1.807) is 29.1 Å². The molecule has 2 aliphatic heterocycles. The predicted molar refractivity (Wildman–Crippen MR) is 111 cm³/mol. The van der Waals surface area contributed by atoms with Crippen LogP contribution < -0.4 is 0 Å². The third-order valence-electron chi connectivity index (χ3n) is 4.97. The van der Waals surface area contributed by atoms with E-state index in [0.29, 0.717) is 28.4 Å². The number of benzene rings is 2. The lowest BCUT2D eigenvalue weighted by Crippen LogP contribution is -2.04. The lowest BCUT2D eigenvalue weighted by Gasteiger charge is -2.03.